The number of benzene rings is 4. The molecule has 0 atom stereocenters. The summed E-state index contributed by atoms with van der Waals surface area (Å²) in [7, 11) is 0. The lowest BCUT2D eigenvalue weighted by molar-refractivity contribution is -0.137. The van der Waals surface area contributed by atoms with Crippen molar-refractivity contribution in [3.05, 3.63) is 117 Å². The molecule has 0 bridgehead atoms. The normalized spacial score (nSPS) is 10.5. The van der Waals surface area contributed by atoms with Gasteiger partial charge in [0.25, 0.3) is 0 Å². The molecule has 0 amide bonds. The van der Waals surface area contributed by atoms with E-state index in [-0.39, 0.29) is 18.5 Å². The quantitative estimate of drug-likeness (QED) is 0.134. The number of anilines is 4. The van der Waals surface area contributed by atoms with Gasteiger partial charge in [0.15, 0.2) is 11.6 Å². The first-order chi connectivity index (χ1) is 20.4. The molecule has 0 heterocycles. The van der Waals surface area contributed by atoms with Gasteiger partial charge in [-0.05, 0) is 77.9 Å². The minimum atomic E-state index is -1.35. The van der Waals surface area contributed by atoms with Gasteiger partial charge in [0, 0.05) is 11.4 Å². The smallest absolute Gasteiger partial charge is 0.307 e. The van der Waals surface area contributed by atoms with E-state index in [9.17, 15) is 22.8 Å². The highest BCUT2D eigenvalue weighted by Gasteiger charge is 2.16. The SMILES string of the molecule is CCc1ccc(Nc2c(C)cccc2Cl)c(CC(=O)O)c1.CCc1ccc(Nc2c(F)ccc(F)c2F)c(CC(=O)O)c1. The van der Waals surface area contributed by atoms with E-state index < -0.39 is 35.1 Å². The summed E-state index contributed by atoms with van der Waals surface area (Å²) in [6.45, 7) is 5.91. The van der Waals surface area contributed by atoms with Gasteiger partial charge in [-0.1, -0.05) is 61.8 Å². The molecule has 0 aliphatic carbocycles. The van der Waals surface area contributed by atoms with Crippen LogP contribution in [0.3, 0.4) is 0 Å². The van der Waals surface area contributed by atoms with Crippen LogP contribution in [0.2, 0.25) is 5.02 Å². The van der Waals surface area contributed by atoms with Crippen LogP contribution in [0.25, 0.3) is 0 Å². The van der Waals surface area contributed by atoms with Crippen LogP contribution in [-0.2, 0) is 35.3 Å². The molecule has 4 aromatic carbocycles. The average molecular weight is 613 g/mol. The highest BCUT2D eigenvalue weighted by Crippen LogP contribution is 2.31. The topological polar surface area (TPSA) is 98.7 Å². The van der Waals surface area contributed by atoms with E-state index in [1.165, 1.54) is 6.07 Å². The van der Waals surface area contributed by atoms with Crippen LogP contribution in [0.1, 0.15) is 41.7 Å². The maximum Gasteiger partial charge on any atom is 0.307 e. The molecule has 4 N–H and O–H groups in total. The molecular weight excluding hydrogens is 581 g/mol. The summed E-state index contributed by atoms with van der Waals surface area (Å²) >= 11 is 6.22. The zero-order chi connectivity index (χ0) is 31.7. The number of carboxylic acids is 2. The van der Waals surface area contributed by atoms with Crippen LogP contribution in [0.5, 0.6) is 0 Å². The molecule has 0 fully saturated rings. The molecule has 0 aromatic heterocycles. The van der Waals surface area contributed by atoms with Gasteiger partial charge in [-0.2, -0.15) is 0 Å². The molecule has 4 aromatic rings. The second-order valence-corrected chi connectivity index (χ2v) is 10.1. The van der Waals surface area contributed by atoms with Crippen molar-refractivity contribution in [2.75, 3.05) is 10.6 Å². The molecule has 0 aliphatic rings. The second kappa shape index (κ2) is 15.1. The number of aliphatic carboxylic acids is 2. The van der Waals surface area contributed by atoms with E-state index in [2.05, 4.69) is 10.6 Å². The average Bonchev–Trinajstić information content (AvgIpc) is 2.96. The van der Waals surface area contributed by atoms with Crippen molar-refractivity contribution in [1.82, 2.24) is 0 Å². The Morgan fingerprint density at radius 3 is 1.67 bits per heavy atom. The summed E-state index contributed by atoms with van der Waals surface area (Å²) in [6.07, 6.45) is 1.24. The maximum absolute atomic E-state index is 13.7. The lowest BCUT2D eigenvalue weighted by atomic mass is 10.0. The van der Waals surface area contributed by atoms with Crippen molar-refractivity contribution in [2.24, 2.45) is 0 Å². The third-order valence-corrected chi connectivity index (χ3v) is 6.94. The molecule has 226 valence electrons. The van der Waals surface area contributed by atoms with Gasteiger partial charge in [0.05, 0.1) is 23.6 Å². The molecule has 0 aliphatic heterocycles. The standard InChI is InChI=1S/C17H18ClNO2.C16H14F3NO2/c1-3-12-7-8-15(13(9-12)10-16(20)21)19-17-11(2)5-4-6-14(17)18;1-2-9-3-6-13(10(7-9)8-14(21)22)20-16-12(18)5-4-11(17)15(16)19/h4-9,19H,3,10H2,1-2H3,(H,20,21);3-7,20H,2,8H2,1H3,(H,21,22). The van der Waals surface area contributed by atoms with Gasteiger partial charge in [0.1, 0.15) is 11.5 Å². The summed E-state index contributed by atoms with van der Waals surface area (Å²) < 4.78 is 40.6. The van der Waals surface area contributed by atoms with Gasteiger partial charge in [-0.25, -0.2) is 13.2 Å². The predicted molar refractivity (Wildman–Crippen MR) is 163 cm³/mol. The third-order valence-electron chi connectivity index (χ3n) is 6.62. The number of carbonyl (C=O) groups is 2. The maximum atomic E-state index is 13.7. The largest absolute Gasteiger partial charge is 0.481 e. The lowest BCUT2D eigenvalue weighted by Gasteiger charge is -2.15. The van der Waals surface area contributed by atoms with Crippen molar-refractivity contribution in [3.8, 4) is 0 Å². The number of nitrogens with one attached hydrogen (secondary N) is 2. The number of aryl methyl sites for hydroxylation is 3. The van der Waals surface area contributed by atoms with E-state index in [0.29, 0.717) is 23.1 Å². The first-order valence-corrected chi connectivity index (χ1v) is 13.9. The fourth-order valence-corrected chi connectivity index (χ4v) is 4.57. The molecule has 0 saturated heterocycles. The highest BCUT2D eigenvalue weighted by molar-refractivity contribution is 6.33. The van der Waals surface area contributed by atoms with Gasteiger partial charge < -0.3 is 20.8 Å². The monoisotopic (exact) mass is 612 g/mol. The highest BCUT2D eigenvalue weighted by atomic mass is 35.5. The van der Waals surface area contributed by atoms with Crippen molar-refractivity contribution >= 4 is 46.3 Å². The number of hydrogen-bond donors (Lipinski definition) is 4. The van der Waals surface area contributed by atoms with Crippen LogP contribution < -0.4 is 10.6 Å². The number of hydrogen-bond acceptors (Lipinski definition) is 4. The number of carboxylic acid groups (broad SMARTS) is 2. The predicted octanol–water partition coefficient (Wildman–Crippen LogP) is 8.62. The third kappa shape index (κ3) is 8.99. The Hall–Kier alpha value is -4.50. The van der Waals surface area contributed by atoms with Crippen molar-refractivity contribution in [2.45, 2.75) is 46.5 Å². The molecule has 4 rings (SSSR count). The van der Waals surface area contributed by atoms with Gasteiger partial charge in [-0.15, -0.1) is 0 Å². The summed E-state index contributed by atoms with van der Waals surface area (Å²) in [5.41, 5.74) is 5.34. The Balaban J connectivity index is 0.000000236. The van der Waals surface area contributed by atoms with E-state index in [0.717, 1.165) is 46.1 Å². The van der Waals surface area contributed by atoms with Gasteiger partial charge in [0.2, 0.25) is 0 Å². The van der Waals surface area contributed by atoms with E-state index in [4.69, 9.17) is 21.8 Å². The lowest BCUT2D eigenvalue weighted by Crippen LogP contribution is -2.07. The number of halogens is 4. The molecule has 0 saturated carbocycles. The molecule has 10 heteroatoms. The Morgan fingerprint density at radius 1 is 0.721 bits per heavy atom. The van der Waals surface area contributed by atoms with Crippen LogP contribution >= 0.6 is 11.6 Å². The van der Waals surface area contributed by atoms with Crippen molar-refractivity contribution in [1.29, 1.82) is 0 Å². The molecule has 0 unspecified atom stereocenters. The molecule has 0 spiro atoms. The second-order valence-electron chi connectivity index (χ2n) is 9.73. The first kappa shape index (κ1) is 33.0. The zero-order valence-corrected chi connectivity index (χ0v) is 24.7. The van der Waals surface area contributed by atoms with E-state index in [1.54, 1.807) is 12.1 Å². The Bertz CT molecular complexity index is 1610. The van der Waals surface area contributed by atoms with Gasteiger partial charge in [-0.3, -0.25) is 9.59 Å². The molecular formula is C33H32ClF3N2O4. The first-order valence-electron chi connectivity index (χ1n) is 13.5. The zero-order valence-electron chi connectivity index (χ0n) is 23.9. The van der Waals surface area contributed by atoms with Crippen molar-refractivity contribution in [3.63, 3.8) is 0 Å². The van der Waals surface area contributed by atoms with E-state index in [1.807, 2.05) is 57.2 Å². The fraction of sp³-hybridized carbons (Fsp3) is 0.212. The van der Waals surface area contributed by atoms with Crippen molar-refractivity contribution < 1.29 is 33.0 Å². The Kier molecular flexibility index (Phi) is 11.6. The number of rotatable bonds is 10. The summed E-state index contributed by atoms with van der Waals surface area (Å²) in [5, 5.41) is 24.4. The Labute approximate surface area is 253 Å². The summed E-state index contributed by atoms with van der Waals surface area (Å²) in [6, 6.07) is 17.9. The van der Waals surface area contributed by atoms with Crippen LogP contribution in [0.4, 0.5) is 35.9 Å². The molecule has 43 heavy (non-hydrogen) atoms. The van der Waals surface area contributed by atoms with Crippen LogP contribution in [-0.4, -0.2) is 22.2 Å². The number of para-hydroxylation sites is 1. The van der Waals surface area contributed by atoms with E-state index >= 15 is 0 Å². The summed E-state index contributed by atoms with van der Waals surface area (Å²) in [5.74, 6) is -5.41. The minimum Gasteiger partial charge on any atom is -0.481 e. The summed E-state index contributed by atoms with van der Waals surface area (Å²) in [4.78, 5) is 22.0. The minimum absolute atomic E-state index is 0.0142. The molecule has 6 nitrogen and oxygen atoms in total. The van der Waals surface area contributed by atoms with Crippen LogP contribution in [0, 0.1) is 24.4 Å². The Morgan fingerprint density at radius 2 is 1.21 bits per heavy atom. The van der Waals surface area contributed by atoms with Crippen LogP contribution in [0.15, 0.2) is 66.7 Å². The van der Waals surface area contributed by atoms with Gasteiger partial charge >= 0.3 is 11.9 Å². The fourth-order valence-electron chi connectivity index (χ4n) is 4.30. The molecule has 0 radical (unpaired) electrons.